The highest BCUT2D eigenvalue weighted by Gasteiger charge is 2.13. The van der Waals surface area contributed by atoms with E-state index in [9.17, 15) is 9.59 Å². The Morgan fingerprint density at radius 3 is 2.80 bits per heavy atom. The average molecular weight is 292 g/mol. The fourth-order valence-electron chi connectivity index (χ4n) is 1.52. The van der Waals surface area contributed by atoms with Gasteiger partial charge in [-0.2, -0.15) is 0 Å². The molecule has 1 aromatic heterocycles. The van der Waals surface area contributed by atoms with Gasteiger partial charge in [-0.3, -0.25) is 0 Å². The molecule has 0 aliphatic carbocycles. The molecule has 2 rings (SSSR count). The van der Waals surface area contributed by atoms with E-state index in [-0.39, 0.29) is 5.70 Å². The molecule has 2 aromatic rings. The van der Waals surface area contributed by atoms with E-state index >= 15 is 0 Å². The van der Waals surface area contributed by atoms with Gasteiger partial charge in [0.15, 0.2) is 0 Å². The number of anilines is 1. The summed E-state index contributed by atoms with van der Waals surface area (Å²) < 4.78 is 10.1. The molecule has 20 heavy (non-hydrogen) atoms. The monoisotopic (exact) mass is 292 g/mol. The lowest BCUT2D eigenvalue weighted by Crippen LogP contribution is -2.15. The van der Waals surface area contributed by atoms with E-state index in [1.54, 1.807) is 11.6 Å². The minimum Gasteiger partial charge on any atom is -0.466 e. The van der Waals surface area contributed by atoms with Gasteiger partial charge in [0, 0.05) is 5.69 Å². The summed E-state index contributed by atoms with van der Waals surface area (Å²) in [5, 5.41) is 2.84. The summed E-state index contributed by atoms with van der Waals surface area (Å²) in [7, 11) is 2.47. The first kappa shape index (κ1) is 14.0. The van der Waals surface area contributed by atoms with Crippen LogP contribution < -0.4 is 5.32 Å². The van der Waals surface area contributed by atoms with Gasteiger partial charge in [0.05, 0.1) is 36.0 Å². The Kier molecular flexibility index (Phi) is 4.31. The molecule has 104 valence electrons. The summed E-state index contributed by atoms with van der Waals surface area (Å²) in [6.07, 6.45) is 1.04. The number of hydrogen-bond acceptors (Lipinski definition) is 7. The number of fused-ring (bicyclic) bond motifs is 1. The maximum Gasteiger partial charge on any atom is 0.354 e. The molecule has 0 aliphatic heterocycles. The van der Waals surface area contributed by atoms with Crippen molar-refractivity contribution >= 4 is 39.2 Å². The predicted molar refractivity (Wildman–Crippen MR) is 75.4 cm³/mol. The van der Waals surface area contributed by atoms with Crippen molar-refractivity contribution in [3.63, 3.8) is 0 Å². The Morgan fingerprint density at radius 1 is 1.30 bits per heavy atom. The molecule has 1 aromatic carbocycles. The number of nitrogens with zero attached hydrogens (tertiary/aromatic N) is 1. The molecule has 1 N–H and O–H groups in total. The van der Waals surface area contributed by atoms with E-state index in [1.165, 1.54) is 25.6 Å². The average Bonchev–Trinajstić information content (AvgIpc) is 2.93. The quantitative estimate of drug-likeness (QED) is 0.685. The Morgan fingerprint density at radius 2 is 2.10 bits per heavy atom. The van der Waals surface area contributed by atoms with Crippen molar-refractivity contribution in [1.29, 1.82) is 0 Å². The third-order valence-corrected chi connectivity index (χ3v) is 3.27. The zero-order valence-corrected chi connectivity index (χ0v) is 11.7. The first-order valence-corrected chi connectivity index (χ1v) is 6.50. The van der Waals surface area contributed by atoms with Crippen molar-refractivity contribution < 1.29 is 19.1 Å². The predicted octanol–water partition coefficient (Wildman–Crippen LogP) is 1.94. The summed E-state index contributed by atoms with van der Waals surface area (Å²) >= 11 is 1.48. The Bertz CT molecular complexity index is 678. The van der Waals surface area contributed by atoms with Crippen LogP contribution in [0, 0.1) is 0 Å². The third kappa shape index (κ3) is 3.12. The number of benzene rings is 1. The number of carbonyl (C=O) groups excluding carboxylic acids is 2. The minimum absolute atomic E-state index is 0.00298. The summed E-state index contributed by atoms with van der Waals surface area (Å²) in [6, 6.07) is 5.42. The first-order chi connectivity index (χ1) is 9.63. The van der Waals surface area contributed by atoms with Crippen LogP contribution in [0.2, 0.25) is 0 Å². The lowest BCUT2D eigenvalue weighted by Gasteiger charge is -2.08. The second-order valence-corrected chi connectivity index (χ2v) is 4.62. The topological polar surface area (TPSA) is 77.5 Å². The zero-order valence-electron chi connectivity index (χ0n) is 10.9. The van der Waals surface area contributed by atoms with Gasteiger partial charge in [-0.1, -0.05) is 0 Å². The maximum absolute atomic E-state index is 11.6. The van der Waals surface area contributed by atoms with Crippen LogP contribution in [0.3, 0.4) is 0 Å². The van der Waals surface area contributed by atoms with Crippen molar-refractivity contribution in [2.75, 3.05) is 19.5 Å². The highest BCUT2D eigenvalue weighted by Crippen LogP contribution is 2.22. The van der Waals surface area contributed by atoms with E-state index in [0.717, 1.165) is 16.3 Å². The van der Waals surface area contributed by atoms with E-state index in [4.69, 9.17) is 0 Å². The molecule has 0 saturated heterocycles. The standard InChI is InChI=1S/C13H12N2O4S/c1-18-12(16)6-10(13(17)19-2)15-8-3-4-9-11(5-8)20-7-14-9/h3-7,15H,1-2H3/b10-6+. The molecule has 0 bridgehead atoms. The van der Waals surface area contributed by atoms with Crippen LogP contribution in [0.4, 0.5) is 5.69 Å². The number of rotatable bonds is 4. The van der Waals surface area contributed by atoms with Gasteiger partial charge in [-0.15, -0.1) is 11.3 Å². The molecule has 0 atom stereocenters. The van der Waals surface area contributed by atoms with Gasteiger partial charge in [-0.05, 0) is 18.2 Å². The summed E-state index contributed by atoms with van der Waals surface area (Å²) in [4.78, 5) is 27.0. The van der Waals surface area contributed by atoms with E-state index in [0.29, 0.717) is 5.69 Å². The van der Waals surface area contributed by atoms with Gasteiger partial charge >= 0.3 is 11.9 Å². The van der Waals surface area contributed by atoms with Crippen molar-refractivity contribution in [3.8, 4) is 0 Å². The highest BCUT2D eigenvalue weighted by atomic mass is 32.1. The molecule has 6 nitrogen and oxygen atoms in total. The number of ether oxygens (including phenoxy) is 2. The van der Waals surface area contributed by atoms with Gasteiger partial charge in [0.2, 0.25) is 0 Å². The Hall–Kier alpha value is -2.41. The van der Waals surface area contributed by atoms with Crippen molar-refractivity contribution in [2.24, 2.45) is 0 Å². The van der Waals surface area contributed by atoms with Crippen LogP contribution in [-0.4, -0.2) is 31.1 Å². The molecule has 0 fully saturated rings. The molecule has 0 unspecified atom stereocenters. The summed E-state index contributed by atoms with van der Waals surface area (Å²) in [6.45, 7) is 0. The highest BCUT2D eigenvalue weighted by molar-refractivity contribution is 7.16. The molecule has 0 amide bonds. The second-order valence-electron chi connectivity index (χ2n) is 3.73. The normalized spacial score (nSPS) is 11.2. The van der Waals surface area contributed by atoms with Gasteiger partial charge in [0.25, 0.3) is 0 Å². The van der Waals surface area contributed by atoms with Gasteiger partial charge in [-0.25, -0.2) is 14.6 Å². The van der Waals surface area contributed by atoms with Crippen molar-refractivity contribution in [1.82, 2.24) is 4.98 Å². The van der Waals surface area contributed by atoms with E-state index in [2.05, 4.69) is 19.8 Å². The number of nitrogens with one attached hydrogen (secondary N) is 1. The third-order valence-electron chi connectivity index (χ3n) is 2.48. The zero-order chi connectivity index (χ0) is 14.5. The molecular weight excluding hydrogens is 280 g/mol. The second kappa shape index (κ2) is 6.16. The number of hydrogen-bond donors (Lipinski definition) is 1. The smallest absolute Gasteiger partial charge is 0.354 e. The lowest BCUT2D eigenvalue weighted by molar-refractivity contribution is -0.138. The molecule has 0 saturated carbocycles. The number of methoxy groups -OCH3 is 2. The van der Waals surface area contributed by atoms with Crippen LogP contribution in [0.1, 0.15) is 0 Å². The SMILES string of the molecule is COC(=O)/C=C(/Nc1ccc2ncsc2c1)C(=O)OC. The van der Waals surface area contributed by atoms with Crippen LogP contribution in [0.5, 0.6) is 0 Å². The number of aromatic nitrogens is 1. The Balaban J connectivity index is 2.28. The van der Waals surface area contributed by atoms with Crippen LogP contribution in [-0.2, 0) is 19.1 Å². The van der Waals surface area contributed by atoms with Gasteiger partial charge in [0.1, 0.15) is 5.70 Å². The molecule has 0 spiro atoms. The van der Waals surface area contributed by atoms with Crippen molar-refractivity contribution in [2.45, 2.75) is 0 Å². The van der Waals surface area contributed by atoms with Crippen LogP contribution in [0.15, 0.2) is 35.5 Å². The van der Waals surface area contributed by atoms with E-state index in [1.807, 2.05) is 12.1 Å². The van der Waals surface area contributed by atoms with Crippen LogP contribution >= 0.6 is 11.3 Å². The fraction of sp³-hybridized carbons (Fsp3) is 0.154. The molecule has 1 heterocycles. The summed E-state index contributed by atoms with van der Waals surface area (Å²) in [5.41, 5.74) is 3.27. The first-order valence-electron chi connectivity index (χ1n) is 5.62. The molecule has 7 heteroatoms. The number of thiazole rings is 1. The van der Waals surface area contributed by atoms with Crippen LogP contribution in [0.25, 0.3) is 10.2 Å². The van der Waals surface area contributed by atoms with E-state index < -0.39 is 11.9 Å². The van der Waals surface area contributed by atoms with Gasteiger partial charge < -0.3 is 14.8 Å². The molecular formula is C13H12N2O4S. The fourth-order valence-corrected chi connectivity index (χ4v) is 2.24. The largest absolute Gasteiger partial charge is 0.466 e. The molecule has 0 aliphatic rings. The maximum atomic E-state index is 11.6. The number of esters is 2. The minimum atomic E-state index is -0.653. The summed E-state index contributed by atoms with van der Waals surface area (Å²) in [5.74, 6) is -1.29. The lowest BCUT2D eigenvalue weighted by atomic mass is 10.2. The molecule has 0 radical (unpaired) electrons. The Labute approximate surface area is 119 Å². The number of carbonyl (C=O) groups is 2. The van der Waals surface area contributed by atoms with Crippen molar-refractivity contribution in [3.05, 3.63) is 35.5 Å².